The number of rotatable bonds is 9. The molecule has 186 valence electrons. The van der Waals surface area contributed by atoms with Gasteiger partial charge in [0.05, 0.1) is 0 Å². The van der Waals surface area contributed by atoms with Gasteiger partial charge in [-0.15, -0.1) is 0 Å². The highest BCUT2D eigenvalue weighted by atomic mass is 28.4. The molecule has 0 fully saturated rings. The molecule has 2 unspecified atom stereocenters. The van der Waals surface area contributed by atoms with E-state index in [1.165, 1.54) is 10.4 Å². The zero-order valence-corrected chi connectivity index (χ0v) is 24.1. The minimum absolute atomic E-state index is 0.818. The van der Waals surface area contributed by atoms with Gasteiger partial charge in [-0.25, -0.2) is 0 Å². The van der Waals surface area contributed by atoms with Crippen LogP contribution in [0.5, 0.6) is 0 Å². The summed E-state index contributed by atoms with van der Waals surface area (Å²) in [5.74, 6) is 0. The van der Waals surface area contributed by atoms with E-state index in [1.807, 2.05) is 36.9 Å². The SMILES string of the molecule is CC(O[Si](C)(C)c1ccccc1)(c1ccncc1)C(C)(O[Si](C)(C)c1ccccc1)c1ccncc1. The van der Waals surface area contributed by atoms with Gasteiger partial charge in [0.15, 0.2) is 0 Å². The van der Waals surface area contributed by atoms with Gasteiger partial charge in [-0.05, 0) is 85.8 Å². The summed E-state index contributed by atoms with van der Waals surface area (Å²) in [5, 5.41) is 2.48. The molecule has 0 N–H and O–H groups in total. The van der Waals surface area contributed by atoms with Gasteiger partial charge >= 0.3 is 0 Å². The summed E-state index contributed by atoms with van der Waals surface area (Å²) in [4.78, 5) is 8.61. The van der Waals surface area contributed by atoms with Crippen molar-refractivity contribution in [2.75, 3.05) is 0 Å². The smallest absolute Gasteiger partial charge is 0.219 e. The van der Waals surface area contributed by atoms with Gasteiger partial charge in [-0.2, -0.15) is 0 Å². The fourth-order valence-electron chi connectivity index (χ4n) is 5.02. The Hall–Kier alpha value is -2.91. The summed E-state index contributed by atoms with van der Waals surface area (Å²) < 4.78 is 14.8. The highest BCUT2D eigenvalue weighted by Gasteiger charge is 2.54. The van der Waals surface area contributed by atoms with Crippen LogP contribution in [0.15, 0.2) is 110 Å². The first-order valence-corrected chi connectivity index (χ1v) is 18.2. The zero-order chi connectivity index (χ0) is 25.9. The van der Waals surface area contributed by atoms with E-state index >= 15 is 0 Å². The molecule has 0 aliphatic heterocycles. The lowest BCUT2D eigenvalue weighted by molar-refractivity contribution is -0.117. The van der Waals surface area contributed by atoms with Crippen molar-refractivity contribution in [2.24, 2.45) is 0 Å². The van der Waals surface area contributed by atoms with Gasteiger partial charge in [-0.1, -0.05) is 60.7 Å². The minimum atomic E-state index is -2.40. The van der Waals surface area contributed by atoms with Gasteiger partial charge in [-0.3, -0.25) is 9.97 Å². The van der Waals surface area contributed by atoms with Crippen molar-refractivity contribution in [2.45, 2.75) is 51.2 Å². The molecule has 0 radical (unpaired) electrons. The Morgan fingerprint density at radius 3 is 1.11 bits per heavy atom. The molecule has 2 aromatic heterocycles. The van der Waals surface area contributed by atoms with Gasteiger partial charge in [0.2, 0.25) is 16.6 Å². The molecule has 2 aromatic carbocycles. The van der Waals surface area contributed by atoms with Crippen LogP contribution >= 0.6 is 0 Å². The largest absolute Gasteiger partial charge is 0.400 e. The van der Waals surface area contributed by atoms with Gasteiger partial charge in [0.25, 0.3) is 0 Å². The summed E-state index contributed by atoms with van der Waals surface area (Å²) in [6, 6.07) is 29.3. The molecule has 2 atom stereocenters. The topological polar surface area (TPSA) is 44.2 Å². The van der Waals surface area contributed by atoms with Crippen LogP contribution in [0.2, 0.25) is 26.2 Å². The van der Waals surface area contributed by atoms with Crippen molar-refractivity contribution >= 4 is 27.0 Å². The maximum absolute atomic E-state index is 7.39. The van der Waals surface area contributed by atoms with Crippen LogP contribution < -0.4 is 10.4 Å². The number of hydrogen-bond donors (Lipinski definition) is 0. The maximum Gasteiger partial charge on any atom is 0.219 e. The van der Waals surface area contributed by atoms with Crippen LogP contribution in [0.3, 0.4) is 0 Å². The molecule has 0 amide bonds. The second kappa shape index (κ2) is 10.2. The van der Waals surface area contributed by atoms with E-state index in [2.05, 4.69) is 123 Å². The number of hydrogen-bond acceptors (Lipinski definition) is 4. The summed E-state index contributed by atoms with van der Waals surface area (Å²) in [7, 11) is -4.79. The fraction of sp³-hybridized carbons (Fsp3) is 0.267. The zero-order valence-electron chi connectivity index (χ0n) is 22.1. The lowest BCUT2D eigenvalue weighted by atomic mass is 9.76. The van der Waals surface area contributed by atoms with Gasteiger partial charge in [0, 0.05) is 24.8 Å². The Bertz CT molecular complexity index is 1150. The highest BCUT2D eigenvalue weighted by Crippen LogP contribution is 2.48. The predicted molar refractivity (Wildman–Crippen MR) is 152 cm³/mol. The summed E-state index contributed by atoms with van der Waals surface area (Å²) >= 11 is 0. The van der Waals surface area contributed by atoms with E-state index in [0.717, 1.165) is 11.1 Å². The molecule has 0 saturated heterocycles. The van der Waals surface area contributed by atoms with E-state index in [9.17, 15) is 0 Å². The van der Waals surface area contributed by atoms with Gasteiger partial charge < -0.3 is 8.85 Å². The molecular weight excluding hydrogens is 477 g/mol. The second-order valence-electron chi connectivity index (χ2n) is 10.5. The Balaban J connectivity index is 1.92. The molecule has 0 aliphatic carbocycles. The average molecular weight is 513 g/mol. The molecule has 4 nitrogen and oxygen atoms in total. The standard InChI is InChI=1S/C30H36N2O2Si2/c1-29(25-17-21-31-22-18-25,33-35(3,4)27-13-9-7-10-14-27)30(2,26-19-23-32-24-20-26)34-36(5,6)28-15-11-8-12-16-28/h7-24H,1-6H3. The van der Waals surface area contributed by atoms with Crippen LogP contribution in [0.1, 0.15) is 25.0 Å². The Kier molecular flexibility index (Phi) is 7.43. The molecule has 4 rings (SSSR count). The van der Waals surface area contributed by atoms with E-state index in [1.54, 1.807) is 0 Å². The van der Waals surface area contributed by atoms with Crippen LogP contribution in [0.4, 0.5) is 0 Å². The summed E-state index contributed by atoms with van der Waals surface area (Å²) in [6.45, 7) is 13.4. The predicted octanol–water partition coefficient (Wildman–Crippen LogP) is 5.87. The van der Waals surface area contributed by atoms with Crippen molar-refractivity contribution in [3.05, 3.63) is 121 Å². The molecule has 6 heteroatoms. The number of benzene rings is 2. The maximum atomic E-state index is 7.39. The summed E-state index contributed by atoms with van der Waals surface area (Å²) in [5.41, 5.74) is 0.432. The lowest BCUT2D eigenvalue weighted by Crippen LogP contribution is -2.62. The molecular formula is C30H36N2O2Si2. The first kappa shape index (κ1) is 26.2. The van der Waals surface area contributed by atoms with E-state index in [-0.39, 0.29) is 0 Å². The second-order valence-corrected chi connectivity index (χ2v) is 18.1. The molecule has 36 heavy (non-hydrogen) atoms. The van der Waals surface area contributed by atoms with Crippen molar-refractivity contribution in [3.8, 4) is 0 Å². The molecule has 4 aromatic rings. The highest BCUT2D eigenvalue weighted by molar-refractivity contribution is 6.85. The van der Waals surface area contributed by atoms with Crippen LogP contribution in [0, 0.1) is 0 Å². The van der Waals surface area contributed by atoms with Crippen LogP contribution in [0.25, 0.3) is 0 Å². The normalized spacial score (nSPS) is 15.6. The number of aromatic nitrogens is 2. The monoisotopic (exact) mass is 512 g/mol. The third-order valence-corrected chi connectivity index (χ3v) is 12.5. The van der Waals surface area contributed by atoms with E-state index in [0.29, 0.717) is 0 Å². The third kappa shape index (κ3) is 5.13. The Labute approximate surface area is 217 Å². The summed E-state index contributed by atoms with van der Waals surface area (Å²) in [6.07, 6.45) is 7.34. The van der Waals surface area contributed by atoms with E-state index in [4.69, 9.17) is 8.85 Å². The van der Waals surface area contributed by atoms with Crippen molar-refractivity contribution in [3.63, 3.8) is 0 Å². The lowest BCUT2D eigenvalue weighted by Gasteiger charge is -2.52. The molecule has 0 bridgehead atoms. The Morgan fingerprint density at radius 2 is 0.806 bits per heavy atom. The number of pyridine rings is 2. The van der Waals surface area contributed by atoms with Crippen molar-refractivity contribution in [1.82, 2.24) is 9.97 Å². The van der Waals surface area contributed by atoms with Crippen molar-refractivity contribution in [1.29, 1.82) is 0 Å². The first-order valence-electron chi connectivity index (χ1n) is 12.4. The molecule has 0 saturated carbocycles. The van der Waals surface area contributed by atoms with E-state index < -0.39 is 27.8 Å². The fourth-order valence-corrected chi connectivity index (χ4v) is 9.91. The quantitative estimate of drug-likeness (QED) is 0.263. The van der Waals surface area contributed by atoms with Gasteiger partial charge in [0.1, 0.15) is 11.2 Å². The number of nitrogens with zero attached hydrogens (tertiary/aromatic N) is 2. The average Bonchev–Trinajstić information content (AvgIpc) is 2.90. The first-order chi connectivity index (χ1) is 17.1. The third-order valence-electron chi connectivity index (χ3n) is 7.23. The van der Waals surface area contributed by atoms with Crippen LogP contribution in [-0.4, -0.2) is 26.6 Å². The van der Waals surface area contributed by atoms with Crippen LogP contribution in [-0.2, 0) is 20.1 Å². The Morgan fingerprint density at radius 1 is 0.500 bits per heavy atom. The molecule has 0 spiro atoms. The molecule has 2 heterocycles. The molecule has 0 aliphatic rings. The van der Waals surface area contributed by atoms with Crippen molar-refractivity contribution < 1.29 is 8.85 Å². The minimum Gasteiger partial charge on any atom is -0.400 e.